The fraction of sp³-hybridized carbons (Fsp3) is 0.533. The van der Waals surface area contributed by atoms with Crippen molar-refractivity contribution < 1.29 is 14.6 Å². The SMILES string of the molecule is NC(CC1=CCC=C(CC2CCCO2)C=C1)C(=O)O. The quantitative estimate of drug-likeness (QED) is 0.797. The molecule has 0 saturated carbocycles. The van der Waals surface area contributed by atoms with Crippen molar-refractivity contribution >= 4 is 5.97 Å². The predicted octanol–water partition coefficient (Wildman–Crippen LogP) is 2.17. The molecule has 19 heavy (non-hydrogen) atoms. The van der Waals surface area contributed by atoms with Crippen LogP contribution < -0.4 is 5.73 Å². The molecular weight excluding hydrogens is 242 g/mol. The second kappa shape index (κ2) is 6.68. The van der Waals surface area contributed by atoms with E-state index in [1.54, 1.807) is 0 Å². The molecule has 0 aromatic rings. The van der Waals surface area contributed by atoms with Gasteiger partial charge in [-0.2, -0.15) is 0 Å². The van der Waals surface area contributed by atoms with Gasteiger partial charge in [0.25, 0.3) is 0 Å². The summed E-state index contributed by atoms with van der Waals surface area (Å²) in [4.78, 5) is 10.7. The number of hydrogen-bond acceptors (Lipinski definition) is 3. The molecule has 0 aromatic heterocycles. The number of carbonyl (C=O) groups is 1. The van der Waals surface area contributed by atoms with Crippen molar-refractivity contribution in [3.8, 4) is 0 Å². The Hall–Kier alpha value is -1.39. The highest BCUT2D eigenvalue weighted by Gasteiger charge is 2.17. The molecule has 1 aliphatic carbocycles. The summed E-state index contributed by atoms with van der Waals surface area (Å²) in [6.07, 6.45) is 13.1. The first-order valence-corrected chi connectivity index (χ1v) is 6.81. The lowest BCUT2D eigenvalue weighted by Crippen LogP contribution is -2.30. The Morgan fingerprint density at radius 1 is 1.42 bits per heavy atom. The number of carboxylic acids is 1. The van der Waals surface area contributed by atoms with Crippen molar-refractivity contribution in [3.05, 3.63) is 35.5 Å². The maximum absolute atomic E-state index is 10.7. The fourth-order valence-corrected chi connectivity index (χ4v) is 2.42. The van der Waals surface area contributed by atoms with Crippen LogP contribution in [0.1, 0.15) is 32.1 Å². The molecule has 0 amide bonds. The van der Waals surface area contributed by atoms with Crippen LogP contribution in [0.25, 0.3) is 0 Å². The van der Waals surface area contributed by atoms with Crippen molar-refractivity contribution in [2.24, 2.45) is 5.73 Å². The lowest BCUT2D eigenvalue weighted by atomic mass is 10.0. The Bertz CT molecular complexity index is 417. The van der Waals surface area contributed by atoms with Crippen molar-refractivity contribution in [3.63, 3.8) is 0 Å². The summed E-state index contributed by atoms with van der Waals surface area (Å²) in [6.45, 7) is 0.874. The summed E-state index contributed by atoms with van der Waals surface area (Å²) in [5, 5.41) is 8.82. The number of rotatable bonds is 5. The number of carboxylic acid groups (broad SMARTS) is 1. The summed E-state index contributed by atoms with van der Waals surface area (Å²) in [7, 11) is 0. The molecule has 0 aromatic carbocycles. The highest BCUT2D eigenvalue weighted by Crippen LogP contribution is 2.23. The topological polar surface area (TPSA) is 72.5 Å². The van der Waals surface area contributed by atoms with Gasteiger partial charge in [0.15, 0.2) is 0 Å². The van der Waals surface area contributed by atoms with Crippen LogP contribution in [0.2, 0.25) is 0 Å². The van der Waals surface area contributed by atoms with Crippen LogP contribution in [0.3, 0.4) is 0 Å². The number of allylic oxidation sites excluding steroid dienone is 4. The zero-order valence-electron chi connectivity index (χ0n) is 11.0. The van der Waals surface area contributed by atoms with E-state index in [0.717, 1.165) is 37.9 Å². The smallest absolute Gasteiger partial charge is 0.320 e. The Morgan fingerprint density at radius 2 is 2.16 bits per heavy atom. The normalized spacial score (nSPS) is 24.6. The van der Waals surface area contributed by atoms with E-state index in [4.69, 9.17) is 15.6 Å². The van der Waals surface area contributed by atoms with E-state index in [0.29, 0.717) is 12.5 Å². The summed E-state index contributed by atoms with van der Waals surface area (Å²) >= 11 is 0. The van der Waals surface area contributed by atoms with Gasteiger partial charge >= 0.3 is 5.97 Å². The largest absolute Gasteiger partial charge is 0.480 e. The average Bonchev–Trinajstić information content (AvgIpc) is 2.78. The molecule has 2 unspecified atom stereocenters. The van der Waals surface area contributed by atoms with Crippen LogP contribution in [0.4, 0.5) is 0 Å². The molecular formula is C15H21NO3. The zero-order chi connectivity index (χ0) is 13.7. The molecule has 1 heterocycles. The Morgan fingerprint density at radius 3 is 2.84 bits per heavy atom. The number of ether oxygens (including phenoxy) is 1. The minimum absolute atomic E-state index is 0.346. The van der Waals surface area contributed by atoms with E-state index in [1.807, 2.05) is 12.2 Å². The van der Waals surface area contributed by atoms with Gasteiger partial charge in [0.1, 0.15) is 6.04 Å². The number of hydrogen-bond donors (Lipinski definition) is 2. The van der Waals surface area contributed by atoms with Crippen LogP contribution >= 0.6 is 0 Å². The third-order valence-electron chi connectivity index (χ3n) is 3.53. The van der Waals surface area contributed by atoms with Gasteiger partial charge < -0.3 is 15.6 Å². The van der Waals surface area contributed by atoms with Crippen LogP contribution in [0, 0.1) is 0 Å². The number of nitrogens with two attached hydrogens (primary N) is 1. The lowest BCUT2D eigenvalue weighted by molar-refractivity contribution is -0.138. The van der Waals surface area contributed by atoms with Gasteiger partial charge in [0.2, 0.25) is 0 Å². The molecule has 0 spiro atoms. The van der Waals surface area contributed by atoms with Crippen molar-refractivity contribution in [1.29, 1.82) is 0 Å². The standard InChI is InChI=1S/C15H21NO3/c16-14(15(17)18)10-12-4-1-3-11(6-7-12)9-13-5-2-8-19-13/h3-4,6-7,13-14H,1-2,5,8-10,16H2,(H,17,18). The van der Waals surface area contributed by atoms with Crippen molar-refractivity contribution in [2.75, 3.05) is 6.61 Å². The van der Waals surface area contributed by atoms with Crippen LogP contribution in [-0.4, -0.2) is 29.8 Å². The first-order valence-electron chi connectivity index (χ1n) is 6.81. The summed E-state index contributed by atoms with van der Waals surface area (Å²) in [5.41, 5.74) is 7.81. The van der Waals surface area contributed by atoms with E-state index in [1.165, 1.54) is 5.57 Å². The van der Waals surface area contributed by atoms with E-state index in [-0.39, 0.29) is 0 Å². The molecule has 1 saturated heterocycles. The van der Waals surface area contributed by atoms with Gasteiger partial charge in [0.05, 0.1) is 6.10 Å². The molecule has 1 aliphatic heterocycles. The molecule has 4 heteroatoms. The Balaban J connectivity index is 1.88. The van der Waals surface area contributed by atoms with Gasteiger partial charge in [-0.05, 0) is 43.3 Å². The van der Waals surface area contributed by atoms with E-state index in [9.17, 15) is 4.79 Å². The summed E-state index contributed by atoms with van der Waals surface area (Å²) in [5.74, 6) is -0.953. The number of aliphatic carboxylic acids is 1. The third kappa shape index (κ3) is 4.33. The van der Waals surface area contributed by atoms with Crippen LogP contribution in [0.5, 0.6) is 0 Å². The Kier molecular flexibility index (Phi) is 4.93. The first-order chi connectivity index (χ1) is 9.15. The highest BCUT2D eigenvalue weighted by atomic mass is 16.5. The second-order valence-corrected chi connectivity index (χ2v) is 5.12. The summed E-state index contributed by atoms with van der Waals surface area (Å²) < 4.78 is 5.63. The molecule has 104 valence electrons. The maximum Gasteiger partial charge on any atom is 0.320 e. The Labute approximate surface area is 113 Å². The molecule has 2 rings (SSSR count). The van der Waals surface area contributed by atoms with Gasteiger partial charge in [-0.3, -0.25) is 4.79 Å². The first kappa shape index (κ1) is 14.0. The zero-order valence-corrected chi connectivity index (χ0v) is 11.0. The molecule has 1 fully saturated rings. The summed E-state index contributed by atoms with van der Waals surface area (Å²) in [6, 6.07) is -0.824. The van der Waals surface area contributed by atoms with Crippen LogP contribution in [0.15, 0.2) is 35.5 Å². The molecule has 0 bridgehead atoms. The molecule has 4 nitrogen and oxygen atoms in total. The average molecular weight is 263 g/mol. The monoisotopic (exact) mass is 263 g/mol. The van der Waals surface area contributed by atoms with Gasteiger partial charge in [-0.25, -0.2) is 0 Å². The van der Waals surface area contributed by atoms with E-state index in [2.05, 4.69) is 12.2 Å². The van der Waals surface area contributed by atoms with Gasteiger partial charge in [-0.1, -0.05) is 24.3 Å². The minimum atomic E-state index is -0.953. The highest BCUT2D eigenvalue weighted by molar-refractivity contribution is 5.73. The molecule has 0 radical (unpaired) electrons. The van der Waals surface area contributed by atoms with Gasteiger partial charge in [0, 0.05) is 6.61 Å². The molecule has 2 atom stereocenters. The molecule has 3 N–H and O–H groups in total. The second-order valence-electron chi connectivity index (χ2n) is 5.12. The van der Waals surface area contributed by atoms with Gasteiger partial charge in [-0.15, -0.1) is 0 Å². The van der Waals surface area contributed by atoms with E-state index >= 15 is 0 Å². The van der Waals surface area contributed by atoms with Crippen molar-refractivity contribution in [1.82, 2.24) is 0 Å². The minimum Gasteiger partial charge on any atom is -0.480 e. The maximum atomic E-state index is 10.7. The molecule has 2 aliphatic rings. The predicted molar refractivity (Wildman–Crippen MR) is 73.7 cm³/mol. The fourth-order valence-electron chi connectivity index (χ4n) is 2.42. The van der Waals surface area contributed by atoms with Crippen LogP contribution in [-0.2, 0) is 9.53 Å². The third-order valence-corrected chi connectivity index (χ3v) is 3.53. The van der Waals surface area contributed by atoms with Crippen molar-refractivity contribution in [2.45, 2.75) is 44.2 Å². The lowest BCUT2D eigenvalue weighted by Gasteiger charge is -2.09. The van der Waals surface area contributed by atoms with E-state index < -0.39 is 12.0 Å².